The number of anilines is 1. The Balaban J connectivity index is 2.19. The molecular weight excluding hydrogens is 288 g/mol. The van der Waals surface area contributed by atoms with Gasteiger partial charge in [-0.15, -0.1) is 11.6 Å². The lowest BCUT2D eigenvalue weighted by Crippen LogP contribution is -2.40. The molecule has 4 heteroatoms. The molecule has 1 atom stereocenters. The molecule has 0 N–H and O–H groups in total. The summed E-state index contributed by atoms with van der Waals surface area (Å²) < 4.78 is 1.08. The van der Waals surface area contributed by atoms with Crippen LogP contribution in [0.4, 0.5) is 5.69 Å². The number of pyridine rings is 1. The van der Waals surface area contributed by atoms with Gasteiger partial charge in [0.25, 0.3) is 0 Å². The smallest absolute Gasteiger partial charge is 0.0592 e. The van der Waals surface area contributed by atoms with E-state index in [1.165, 1.54) is 24.9 Å². The summed E-state index contributed by atoms with van der Waals surface area (Å²) >= 11 is 9.45. The molecule has 1 aliphatic heterocycles. The quantitative estimate of drug-likeness (QED) is 0.789. The van der Waals surface area contributed by atoms with Gasteiger partial charge in [0.05, 0.1) is 10.2 Å². The van der Waals surface area contributed by atoms with Gasteiger partial charge in [-0.1, -0.05) is 0 Å². The molecule has 1 aliphatic rings. The summed E-state index contributed by atoms with van der Waals surface area (Å²) in [5.74, 6) is 0.740. The summed E-state index contributed by atoms with van der Waals surface area (Å²) in [6.45, 7) is 1.13. The van der Waals surface area contributed by atoms with E-state index >= 15 is 0 Å². The first kappa shape index (κ1) is 12.2. The van der Waals surface area contributed by atoms with Crippen LogP contribution in [-0.2, 0) is 0 Å². The van der Waals surface area contributed by atoms with E-state index in [2.05, 4.69) is 31.9 Å². The lowest BCUT2D eigenvalue weighted by atomic mass is 9.99. The number of aromatic nitrogens is 1. The molecular formula is C12H16BrClN2. The lowest BCUT2D eigenvalue weighted by molar-refractivity contribution is 0.451. The first-order chi connectivity index (χ1) is 7.83. The fourth-order valence-electron chi connectivity index (χ4n) is 2.34. The zero-order chi connectivity index (χ0) is 11.4. The molecule has 0 radical (unpaired) electrons. The van der Waals surface area contributed by atoms with Gasteiger partial charge in [0.1, 0.15) is 0 Å². The maximum atomic E-state index is 5.88. The number of hydrogen-bond donors (Lipinski definition) is 0. The molecule has 1 saturated heterocycles. The molecule has 16 heavy (non-hydrogen) atoms. The van der Waals surface area contributed by atoms with Crippen molar-refractivity contribution in [3.8, 4) is 0 Å². The minimum atomic E-state index is 0.588. The molecule has 2 heterocycles. The van der Waals surface area contributed by atoms with Crippen LogP contribution in [0.2, 0.25) is 0 Å². The molecule has 2 rings (SSSR count). The van der Waals surface area contributed by atoms with Crippen LogP contribution in [0.25, 0.3) is 0 Å². The molecule has 1 aromatic rings. The predicted molar refractivity (Wildman–Crippen MR) is 72.3 cm³/mol. The van der Waals surface area contributed by atoms with Crippen molar-refractivity contribution < 1.29 is 0 Å². The van der Waals surface area contributed by atoms with Gasteiger partial charge in [-0.2, -0.15) is 0 Å². The highest BCUT2D eigenvalue weighted by Gasteiger charge is 2.23. The molecule has 1 aromatic heterocycles. The van der Waals surface area contributed by atoms with E-state index in [0.717, 1.165) is 23.3 Å². The molecule has 0 spiro atoms. The van der Waals surface area contributed by atoms with Gasteiger partial charge in [0, 0.05) is 30.9 Å². The third-order valence-electron chi connectivity index (χ3n) is 3.13. The number of piperidine rings is 1. The minimum absolute atomic E-state index is 0.588. The van der Waals surface area contributed by atoms with E-state index in [1.807, 2.05) is 12.4 Å². The van der Waals surface area contributed by atoms with Gasteiger partial charge in [-0.3, -0.25) is 4.98 Å². The van der Waals surface area contributed by atoms with Crippen molar-refractivity contribution in [3.05, 3.63) is 22.9 Å². The summed E-state index contributed by atoms with van der Waals surface area (Å²) in [7, 11) is 0. The van der Waals surface area contributed by atoms with Gasteiger partial charge < -0.3 is 4.90 Å². The van der Waals surface area contributed by atoms with E-state index in [9.17, 15) is 0 Å². The van der Waals surface area contributed by atoms with Crippen molar-refractivity contribution in [2.75, 3.05) is 17.3 Å². The fourth-order valence-corrected chi connectivity index (χ4v) is 3.07. The maximum Gasteiger partial charge on any atom is 0.0592 e. The largest absolute Gasteiger partial charge is 0.368 e. The first-order valence-electron chi connectivity index (χ1n) is 5.75. The zero-order valence-corrected chi connectivity index (χ0v) is 11.5. The molecule has 0 amide bonds. The van der Waals surface area contributed by atoms with Crippen LogP contribution in [0.1, 0.15) is 25.7 Å². The van der Waals surface area contributed by atoms with Crippen molar-refractivity contribution >= 4 is 33.2 Å². The Morgan fingerprint density at radius 3 is 3.12 bits per heavy atom. The van der Waals surface area contributed by atoms with E-state index in [1.54, 1.807) is 0 Å². The van der Waals surface area contributed by atoms with Crippen LogP contribution < -0.4 is 4.90 Å². The fraction of sp³-hybridized carbons (Fsp3) is 0.583. The summed E-state index contributed by atoms with van der Waals surface area (Å²) in [5, 5.41) is 0. The Labute approximate surface area is 110 Å². The molecule has 0 saturated carbocycles. The van der Waals surface area contributed by atoms with Crippen LogP contribution in [0.15, 0.2) is 22.9 Å². The lowest BCUT2D eigenvalue weighted by Gasteiger charge is -2.37. The Kier molecular flexibility index (Phi) is 4.47. The summed E-state index contributed by atoms with van der Waals surface area (Å²) in [6.07, 6.45) is 8.63. The van der Waals surface area contributed by atoms with E-state index in [-0.39, 0.29) is 0 Å². The van der Waals surface area contributed by atoms with Gasteiger partial charge in [-0.05, 0) is 47.7 Å². The van der Waals surface area contributed by atoms with Gasteiger partial charge in [0.2, 0.25) is 0 Å². The van der Waals surface area contributed by atoms with Crippen molar-refractivity contribution in [3.63, 3.8) is 0 Å². The molecule has 88 valence electrons. The van der Waals surface area contributed by atoms with E-state index in [4.69, 9.17) is 11.6 Å². The van der Waals surface area contributed by atoms with Crippen LogP contribution in [0.3, 0.4) is 0 Å². The third kappa shape index (κ3) is 2.69. The number of rotatable bonds is 3. The second-order valence-electron chi connectivity index (χ2n) is 4.15. The zero-order valence-electron chi connectivity index (χ0n) is 9.20. The van der Waals surface area contributed by atoms with Crippen LogP contribution in [-0.4, -0.2) is 23.5 Å². The highest BCUT2D eigenvalue weighted by molar-refractivity contribution is 9.10. The highest BCUT2D eigenvalue weighted by atomic mass is 79.9. The topological polar surface area (TPSA) is 16.1 Å². The van der Waals surface area contributed by atoms with Crippen molar-refractivity contribution in [2.24, 2.45) is 0 Å². The number of hydrogen-bond acceptors (Lipinski definition) is 2. The standard InChI is InChI=1S/C12H16BrClN2/c13-11-9-15-7-5-12(11)16-8-2-1-3-10(16)4-6-14/h5,7,9-10H,1-4,6,8H2. The van der Waals surface area contributed by atoms with Crippen LogP contribution in [0, 0.1) is 0 Å². The molecule has 2 nitrogen and oxygen atoms in total. The second-order valence-corrected chi connectivity index (χ2v) is 5.38. The van der Waals surface area contributed by atoms with Crippen molar-refractivity contribution in [2.45, 2.75) is 31.7 Å². The average molecular weight is 304 g/mol. The van der Waals surface area contributed by atoms with Crippen molar-refractivity contribution in [1.82, 2.24) is 4.98 Å². The van der Waals surface area contributed by atoms with Crippen LogP contribution >= 0.6 is 27.5 Å². The van der Waals surface area contributed by atoms with Gasteiger partial charge in [-0.25, -0.2) is 0 Å². The predicted octanol–water partition coefficient (Wildman–Crippen LogP) is 3.83. The SMILES string of the molecule is ClCCC1CCCCN1c1ccncc1Br. The van der Waals surface area contributed by atoms with Crippen LogP contribution in [0.5, 0.6) is 0 Å². The Bertz CT molecular complexity index is 344. The van der Waals surface area contributed by atoms with Gasteiger partial charge in [0.15, 0.2) is 0 Å². The van der Waals surface area contributed by atoms with Crippen molar-refractivity contribution in [1.29, 1.82) is 0 Å². The Hall–Kier alpha value is -0.280. The minimum Gasteiger partial charge on any atom is -0.368 e. The number of halogens is 2. The molecule has 1 unspecified atom stereocenters. The highest BCUT2D eigenvalue weighted by Crippen LogP contribution is 2.31. The van der Waals surface area contributed by atoms with E-state index < -0.39 is 0 Å². The molecule has 0 aromatic carbocycles. The monoisotopic (exact) mass is 302 g/mol. The Morgan fingerprint density at radius 2 is 2.38 bits per heavy atom. The average Bonchev–Trinajstić information content (AvgIpc) is 2.31. The van der Waals surface area contributed by atoms with E-state index in [0.29, 0.717) is 6.04 Å². The first-order valence-corrected chi connectivity index (χ1v) is 7.08. The second kappa shape index (κ2) is 5.87. The molecule has 0 aliphatic carbocycles. The molecule has 0 bridgehead atoms. The maximum absolute atomic E-state index is 5.88. The summed E-state index contributed by atoms with van der Waals surface area (Å²) in [4.78, 5) is 6.58. The normalized spacial score (nSPS) is 21.1. The third-order valence-corrected chi connectivity index (χ3v) is 3.96. The number of alkyl halides is 1. The number of nitrogens with zero attached hydrogens (tertiary/aromatic N) is 2. The van der Waals surface area contributed by atoms with Gasteiger partial charge >= 0.3 is 0 Å². The Morgan fingerprint density at radius 1 is 1.50 bits per heavy atom. The summed E-state index contributed by atoms with van der Waals surface area (Å²) in [6, 6.07) is 2.67. The summed E-state index contributed by atoms with van der Waals surface area (Å²) in [5.41, 5.74) is 1.25. The molecule has 1 fully saturated rings.